The molecule has 0 bridgehead atoms. The molecular formula is C16H28ClN3O3S. The highest BCUT2D eigenvalue weighted by Gasteiger charge is 2.17. The van der Waals surface area contributed by atoms with Gasteiger partial charge in [0.15, 0.2) is 0 Å². The fraction of sp³-hybridized carbons (Fsp3) is 0.562. The summed E-state index contributed by atoms with van der Waals surface area (Å²) in [5.41, 5.74) is 0.441. The van der Waals surface area contributed by atoms with Crippen molar-refractivity contribution in [2.45, 2.75) is 51.1 Å². The maximum Gasteiger partial charge on any atom is 0.251 e. The van der Waals surface area contributed by atoms with E-state index in [9.17, 15) is 13.2 Å². The molecule has 24 heavy (non-hydrogen) atoms. The van der Waals surface area contributed by atoms with Crippen molar-refractivity contribution in [3.05, 3.63) is 29.8 Å². The molecule has 0 spiro atoms. The number of halogens is 1. The van der Waals surface area contributed by atoms with E-state index in [1.807, 2.05) is 27.7 Å². The van der Waals surface area contributed by atoms with Gasteiger partial charge in [-0.3, -0.25) is 4.79 Å². The lowest BCUT2D eigenvalue weighted by molar-refractivity contribution is 0.0950. The lowest BCUT2D eigenvalue weighted by Crippen LogP contribution is -2.38. The summed E-state index contributed by atoms with van der Waals surface area (Å²) in [7, 11) is -3.54. The van der Waals surface area contributed by atoms with Crippen LogP contribution in [0.5, 0.6) is 0 Å². The molecule has 3 N–H and O–H groups in total. The van der Waals surface area contributed by atoms with Crippen molar-refractivity contribution in [3.8, 4) is 0 Å². The summed E-state index contributed by atoms with van der Waals surface area (Å²) < 4.78 is 26.9. The Hall–Kier alpha value is -1.15. The third kappa shape index (κ3) is 7.17. The van der Waals surface area contributed by atoms with E-state index in [1.165, 1.54) is 24.3 Å². The summed E-state index contributed by atoms with van der Waals surface area (Å²) in [6, 6.07) is 6.01. The highest BCUT2D eigenvalue weighted by atomic mass is 35.5. The number of nitrogens with one attached hydrogen (secondary N) is 3. The van der Waals surface area contributed by atoms with Crippen molar-refractivity contribution in [1.82, 2.24) is 15.4 Å². The van der Waals surface area contributed by atoms with Crippen LogP contribution >= 0.6 is 12.4 Å². The number of carbonyl (C=O) groups is 1. The van der Waals surface area contributed by atoms with Crippen LogP contribution in [0.25, 0.3) is 0 Å². The molecule has 1 rings (SSSR count). The number of benzene rings is 1. The van der Waals surface area contributed by atoms with E-state index < -0.39 is 10.0 Å². The zero-order valence-corrected chi connectivity index (χ0v) is 16.3. The van der Waals surface area contributed by atoms with E-state index in [1.54, 1.807) is 0 Å². The van der Waals surface area contributed by atoms with Crippen molar-refractivity contribution in [2.75, 3.05) is 13.1 Å². The van der Waals surface area contributed by atoms with Crippen LogP contribution in [0.4, 0.5) is 0 Å². The average molecular weight is 378 g/mol. The molecule has 1 unspecified atom stereocenters. The number of sulfonamides is 1. The number of hydrogen-bond acceptors (Lipinski definition) is 4. The van der Waals surface area contributed by atoms with Gasteiger partial charge in [0.05, 0.1) is 4.90 Å². The molecule has 8 heteroatoms. The van der Waals surface area contributed by atoms with Gasteiger partial charge in [-0.05, 0) is 51.1 Å². The lowest BCUT2D eigenvalue weighted by atomic mass is 10.2. The topological polar surface area (TPSA) is 87.3 Å². The second-order valence-corrected chi connectivity index (χ2v) is 7.34. The number of hydrogen-bond donors (Lipinski definition) is 3. The van der Waals surface area contributed by atoms with E-state index in [2.05, 4.69) is 15.4 Å². The Balaban J connectivity index is 0.00000529. The van der Waals surface area contributed by atoms with E-state index in [-0.39, 0.29) is 35.3 Å². The van der Waals surface area contributed by atoms with Crippen molar-refractivity contribution in [2.24, 2.45) is 0 Å². The van der Waals surface area contributed by atoms with Crippen LogP contribution in [-0.2, 0) is 10.0 Å². The first-order valence-electron chi connectivity index (χ1n) is 7.94. The fourth-order valence-corrected chi connectivity index (χ4v) is 3.30. The van der Waals surface area contributed by atoms with Crippen LogP contribution in [0.1, 0.15) is 44.5 Å². The summed E-state index contributed by atoms with van der Waals surface area (Å²) >= 11 is 0. The molecule has 1 amide bonds. The van der Waals surface area contributed by atoms with Crippen LogP contribution < -0.4 is 15.4 Å². The first-order valence-corrected chi connectivity index (χ1v) is 9.42. The molecule has 1 aromatic carbocycles. The maximum absolute atomic E-state index is 12.1. The van der Waals surface area contributed by atoms with E-state index in [0.717, 1.165) is 6.54 Å². The minimum atomic E-state index is -3.54. The molecule has 0 aromatic heterocycles. The van der Waals surface area contributed by atoms with Crippen LogP contribution in [0, 0.1) is 0 Å². The van der Waals surface area contributed by atoms with Gasteiger partial charge in [-0.15, -0.1) is 12.4 Å². The van der Waals surface area contributed by atoms with Crippen LogP contribution in [0.3, 0.4) is 0 Å². The molecule has 0 radical (unpaired) electrons. The van der Waals surface area contributed by atoms with Gasteiger partial charge in [-0.1, -0.05) is 13.8 Å². The van der Waals surface area contributed by atoms with Crippen molar-refractivity contribution >= 4 is 28.3 Å². The van der Waals surface area contributed by atoms with Gasteiger partial charge < -0.3 is 10.6 Å². The van der Waals surface area contributed by atoms with Crippen molar-refractivity contribution in [1.29, 1.82) is 0 Å². The number of rotatable bonds is 9. The molecule has 0 aliphatic heterocycles. The second-order valence-electron chi connectivity index (χ2n) is 5.62. The predicted molar refractivity (Wildman–Crippen MR) is 99.2 cm³/mol. The SMILES string of the molecule is CCN[C@H](C)CNC(=O)c1ccc(S(=O)(=O)NC(C)CC)cc1.Cl. The predicted octanol–water partition coefficient (Wildman–Crippen LogP) is 1.91. The third-order valence-corrected chi connectivity index (χ3v) is 5.12. The van der Waals surface area contributed by atoms with E-state index in [4.69, 9.17) is 0 Å². The number of carbonyl (C=O) groups excluding carboxylic acids is 1. The zero-order valence-electron chi connectivity index (χ0n) is 14.6. The molecule has 138 valence electrons. The summed E-state index contributed by atoms with van der Waals surface area (Å²) in [6.07, 6.45) is 0.712. The Morgan fingerprint density at radius 2 is 1.67 bits per heavy atom. The van der Waals surface area contributed by atoms with Crippen molar-refractivity contribution in [3.63, 3.8) is 0 Å². The van der Waals surface area contributed by atoms with Gasteiger partial charge in [-0.25, -0.2) is 13.1 Å². The zero-order chi connectivity index (χ0) is 17.5. The first kappa shape index (κ1) is 22.9. The Morgan fingerprint density at radius 3 is 2.17 bits per heavy atom. The number of amides is 1. The van der Waals surface area contributed by atoms with Crippen LogP contribution in [-0.4, -0.2) is 39.5 Å². The molecule has 6 nitrogen and oxygen atoms in total. The normalized spacial score (nSPS) is 13.7. The monoisotopic (exact) mass is 377 g/mol. The van der Waals surface area contributed by atoms with Crippen LogP contribution in [0.15, 0.2) is 29.2 Å². The molecule has 0 aliphatic carbocycles. The Morgan fingerprint density at radius 1 is 1.08 bits per heavy atom. The van der Waals surface area contributed by atoms with Crippen LogP contribution in [0.2, 0.25) is 0 Å². The van der Waals surface area contributed by atoms with Crippen molar-refractivity contribution < 1.29 is 13.2 Å². The van der Waals surface area contributed by atoms with Gasteiger partial charge >= 0.3 is 0 Å². The molecular weight excluding hydrogens is 350 g/mol. The molecule has 0 heterocycles. The molecule has 2 atom stereocenters. The molecule has 0 fully saturated rings. The van der Waals surface area contributed by atoms with Gasteiger partial charge in [0, 0.05) is 24.2 Å². The Kier molecular flexibility index (Phi) is 10.1. The molecule has 0 saturated heterocycles. The summed E-state index contributed by atoms with van der Waals surface area (Å²) in [6.45, 7) is 9.07. The fourth-order valence-electron chi connectivity index (χ4n) is 1.97. The minimum Gasteiger partial charge on any atom is -0.350 e. The Labute approximate surface area is 151 Å². The molecule has 1 aromatic rings. The summed E-state index contributed by atoms with van der Waals surface area (Å²) in [4.78, 5) is 12.2. The van der Waals surface area contributed by atoms with Gasteiger partial charge in [0.25, 0.3) is 5.91 Å². The Bertz CT molecular complexity index is 605. The summed E-state index contributed by atoms with van der Waals surface area (Å²) in [5, 5.41) is 6.02. The minimum absolute atomic E-state index is 0. The molecule has 0 aliphatic rings. The second kappa shape index (κ2) is 10.7. The highest BCUT2D eigenvalue weighted by molar-refractivity contribution is 7.89. The third-order valence-electron chi connectivity index (χ3n) is 3.52. The standard InChI is InChI=1S/C16H27N3O3S.ClH/c1-5-12(3)19-23(21,22)15-9-7-14(8-10-15)16(20)18-11-13(4)17-6-2;/h7-10,12-13,17,19H,5-6,11H2,1-4H3,(H,18,20);1H/t12?,13-;/m1./s1. The largest absolute Gasteiger partial charge is 0.350 e. The quantitative estimate of drug-likeness (QED) is 0.613. The van der Waals surface area contributed by atoms with Gasteiger partial charge in [0.1, 0.15) is 0 Å². The first-order chi connectivity index (χ1) is 10.8. The van der Waals surface area contributed by atoms with Gasteiger partial charge in [-0.2, -0.15) is 0 Å². The summed E-state index contributed by atoms with van der Waals surface area (Å²) in [5.74, 6) is -0.214. The maximum atomic E-state index is 12.1. The van der Waals surface area contributed by atoms with E-state index >= 15 is 0 Å². The smallest absolute Gasteiger partial charge is 0.251 e. The highest BCUT2D eigenvalue weighted by Crippen LogP contribution is 2.11. The van der Waals surface area contributed by atoms with Gasteiger partial charge in [0.2, 0.25) is 10.0 Å². The lowest BCUT2D eigenvalue weighted by Gasteiger charge is -2.14. The van der Waals surface area contributed by atoms with E-state index in [0.29, 0.717) is 18.5 Å². The number of likely N-dealkylation sites (N-methyl/N-ethyl adjacent to an activating group) is 1. The molecule has 0 saturated carbocycles. The average Bonchev–Trinajstić information content (AvgIpc) is 2.52.